The maximum atomic E-state index is 10.00. The Morgan fingerprint density at radius 2 is 1.96 bits per heavy atom. The van der Waals surface area contributed by atoms with Crippen LogP contribution in [0.4, 0.5) is 5.82 Å². The second-order valence-corrected chi connectivity index (χ2v) is 7.23. The van der Waals surface area contributed by atoms with Crippen molar-refractivity contribution in [3.63, 3.8) is 0 Å². The number of benzene rings is 1. The fraction of sp³-hybridized carbons (Fsp3) is 0.333. The molecule has 122 valence electrons. The van der Waals surface area contributed by atoms with Crippen molar-refractivity contribution in [2.75, 3.05) is 18.0 Å². The predicted molar refractivity (Wildman–Crippen MR) is 92.8 cm³/mol. The van der Waals surface area contributed by atoms with Gasteiger partial charge in [-0.15, -0.1) is 10.2 Å². The Bertz CT molecular complexity index is 920. The smallest absolute Gasteiger partial charge is 0.161 e. The number of aromatic hydroxyl groups is 1. The summed E-state index contributed by atoms with van der Waals surface area (Å²) in [7, 11) is 0. The highest BCUT2D eigenvalue weighted by Crippen LogP contribution is 2.48. The summed E-state index contributed by atoms with van der Waals surface area (Å²) in [6, 6.07) is 11.6. The number of phenols is 1. The van der Waals surface area contributed by atoms with Crippen molar-refractivity contribution < 1.29 is 5.11 Å². The van der Waals surface area contributed by atoms with Crippen LogP contribution in [0.25, 0.3) is 22.3 Å². The van der Waals surface area contributed by atoms with Gasteiger partial charge in [-0.25, -0.2) is 0 Å². The molecule has 0 unspecified atom stereocenters. The second kappa shape index (κ2) is 4.70. The normalized spacial score (nSPS) is 19.5. The fourth-order valence-corrected chi connectivity index (χ4v) is 4.15. The molecule has 1 aliphatic heterocycles. The standard InChI is InChI=1S/C18H19N5O/c19-12-7-18(8-12)9-23(10-18)16-6-11-5-14(21-22-17(11)20-16)13-3-1-2-4-15(13)24/h1-6,12,24H,7-10,19H2,(H,20,22). The molecule has 1 saturated carbocycles. The minimum atomic E-state index is 0.216. The number of anilines is 1. The number of nitrogens with one attached hydrogen (secondary N) is 1. The predicted octanol–water partition coefficient (Wildman–Crippen LogP) is 2.26. The van der Waals surface area contributed by atoms with Crippen LogP contribution in [0, 0.1) is 5.41 Å². The molecule has 2 aromatic heterocycles. The third-order valence-electron chi connectivity index (χ3n) is 5.33. The topological polar surface area (TPSA) is 91.1 Å². The second-order valence-electron chi connectivity index (χ2n) is 7.23. The number of hydrogen-bond acceptors (Lipinski definition) is 5. The molecule has 3 aromatic rings. The first-order chi connectivity index (χ1) is 11.6. The van der Waals surface area contributed by atoms with Crippen LogP contribution < -0.4 is 10.6 Å². The summed E-state index contributed by atoms with van der Waals surface area (Å²) in [5.41, 5.74) is 8.52. The van der Waals surface area contributed by atoms with Crippen molar-refractivity contribution in [3.8, 4) is 17.0 Å². The molecule has 4 N–H and O–H groups in total. The van der Waals surface area contributed by atoms with Crippen LogP contribution in [-0.2, 0) is 0 Å². The largest absolute Gasteiger partial charge is 0.507 e. The SMILES string of the molecule is NC1CC2(C1)CN(c1cc3cc(-c4ccccc4O)nnc3[nH]1)C2. The van der Waals surface area contributed by atoms with Gasteiger partial charge in [0.25, 0.3) is 0 Å². The van der Waals surface area contributed by atoms with Gasteiger partial charge >= 0.3 is 0 Å². The van der Waals surface area contributed by atoms with Crippen molar-refractivity contribution in [2.24, 2.45) is 11.1 Å². The lowest BCUT2D eigenvalue weighted by molar-refractivity contribution is 0.0660. The van der Waals surface area contributed by atoms with Crippen LogP contribution in [-0.4, -0.2) is 39.4 Å². The minimum absolute atomic E-state index is 0.216. The zero-order valence-electron chi connectivity index (χ0n) is 13.2. The molecule has 1 spiro atoms. The molecule has 2 aliphatic rings. The van der Waals surface area contributed by atoms with E-state index in [0.717, 1.165) is 42.8 Å². The molecule has 1 saturated heterocycles. The van der Waals surface area contributed by atoms with Crippen LogP contribution in [0.5, 0.6) is 5.75 Å². The molecule has 1 aliphatic carbocycles. The monoisotopic (exact) mass is 321 g/mol. The van der Waals surface area contributed by atoms with E-state index in [1.54, 1.807) is 12.1 Å². The molecular weight excluding hydrogens is 302 g/mol. The first kappa shape index (κ1) is 13.8. The fourth-order valence-electron chi connectivity index (χ4n) is 4.15. The van der Waals surface area contributed by atoms with Gasteiger partial charge in [0, 0.05) is 35.5 Å². The zero-order valence-corrected chi connectivity index (χ0v) is 13.2. The van der Waals surface area contributed by atoms with E-state index in [1.165, 1.54) is 0 Å². The Morgan fingerprint density at radius 3 is 2.71 bits per heavy atom. The Hall–Kier alpha value is -2.60. The number of rotatable bonds is 2. The third-order valence-corrected chi connectivity index (χ3v) is 5.33. The summed E-state index contributed by atoms with van der Waals surface area (Å²) in [6.45, 7) is 2.13. The number of aromatic nitrogens is 3. The van der Waals surface area contributed by atoms with Gasteiger partial charge in [0.15, 0.2) is 5.65 Å². The number of phenolic OH excluding ortho intramolecular Hbond substituents is 1. The highest BCUT2D eigenvalue weighted by atomic mass is 16.3. The number of H-pyrrole nitrogens is 1. The highest BCUT2D eigenvalue weighted by Gasteiger charge is 2.51. The molecule has 0 radical (unpaired) electrons. The summed E-state index contributed by atoms with van der Waals surface area (Å²) in [4.78, 5) is 5.69. The number of hydrogen-bond donors (Lipinski definition) is 3. The van der Waals surface area contributed by atoms with E-state index in [0.29, 0.717) is 22.7 Å². The minimum Gasteiger partial charge on any atom is -0.507 e. The maximum absolute atomic E-state index is 10.00. The molecule has 0 bridgehead atoms. The summed E-state index contributed by atoms with van der Waals surface area (Å²) in [5.74, 6) is 1.30. The lowest BCUT2D eigenvalue weighted by Gasteiger charge is -2.58. The number of nitrogens with two attached hydrogens (primary N) is 1. The summed E-state index contributed by atoms with van der Waals surface area (Å²) in [5, 5.41) is 19.5. The van der Waals surface area contributed by atoms with Crippen LogP contribution >= 0.6 is 0 Å². The quantitative estimate of drug-likeness (QED) is 0.673. The number of nitrogens with zero attached hydrogens (tertiary/aromatic N) is 3. The molecule has 6 nitrogen and oxygen atoms in total. The molecule has 1 aromatic carbocycles. The lowest BCUT2D eigenvalue weighted by atomic mass is 9.61. The molecule has 24 heavy (non-hydrogen) atoms. The average Bonchev–Trinajstić information content (AvgIpc) is 2.92. The maximum Gasteiger partial charge on any atom is 0.161 e. The van der Waals surface area contributed by atoms with Crippen molar-refractivity contribution in [1.29, 1.82) is 0 Å². The van der Waals surface area contributed by atoms with E-state index in [9.17, 15) is 5.11 Å². The Kier molecular flexibility index (Phi) is 2.71. The Balaban J connectivity index is 1.44. The molecular formula is C18H19N5O. The van der Waals surface area contributed by atoms with E-state index >= 15 is 0 Å². The van der Waals surface area contributed by atoms with E-state index in [-0.39, 0.29) is 5.75 Å². The molecule has 6 heteroatoms. The van der Waals surface area contributed by atoms with Gasteiger partial charge in [-0.05, 0) is 37.1 Å². The van der Waals surface area contributed by atoms with Crippen LogP contribution in [0.15, 0.2) is 36.4 Å². The van der Waals surface area contributed by atoms with Crippen molar-refractivity contribution in [2.45, 2.75) is 18.9 Å². The van der Waals surface area contributed by atoms with Crippen molar-refractivity contribution >= 4 is 16.9 Å². The van der Waals surface area contributed by atoms with E-state index < -0.39 is 0 Å². The van der Waals surface area contributed by atoms with E-state index in [1.807, 2.05) is 18.2 Å². The summed E-state index contributed by atoms with van der Waals surface area (Å²) < 4.78 is 0. The first-order valence-electron chi connectivity index (χ1n) is 8.27. The zero-order chi connectivity index (χ0) is 16.3. The van der Waals surface area contributed by atoms with Crippen molar-refractivity contribution in [3.05, 3.63) is 36.4 Å². The van der Waals surface area contributed by atoms with Gasteiger partial charge in [0.2, 0.25) is 0 Å². The molecule has 3 heterocycles. The number of fused-ring (bicyclic) bond motifs is 1. The van der Waals surface area contributed by atoms with Gasteiger partial charge in [-0.1, -0.05) is 12.1 Å². The first-order valence-corrected chi connectivity index (χ1v) is 8.27. The summed E-state index contributed by atoms with van der Waals surface area (Å²) >= 11 is 0. The van der Waals surface area contributed by atoms with Gasteiger partial charge in [0.1, 0.15) is 11.6 Å². The summed E-state index contributed by atoms with van der Waals surface area (Å²) in [6.07, 6.45) is 2.28. The van der Waals surface area contributed by atoms with Crippen LogP contribution in [0.2, 0.25) is 0 Å². The number of para-hydroxylation sites is 1. The van der Waals surface area contributed by atoms with E-state index in [2.05, 4.69) is 26.1 Å². The highest BCUT2D eigenvalue weighted by molar-refractivity contribution is 5.84. The van der Waals surface area contributed by atoms with Gasteiger partial charge in [-0.3, -0.25) is 0 Å². The molecule has 0 amide bonds. The van der Waals surface area contributed by atoms with Crippen molar-refractivity contribution in [1.82, 2.24) is 15.2 Å². The average molecular weight is 321 g/mol. The van der Waals surface area contributed by atoms with E-state index in [4.69, 9.17) is 5.73 Å². The Morgan fingerprint density at radius 1 is 1.17 bits per heavy atom. The molecule has 0 atom stereocenters. The van der Waals surface area contributed by atoms with Gasteiger partial charge in [0.05, 0.1) is 5.69 Å². The van der Waals surface area contributed by atoms with Crippen LogP contribution in [0.1, 0.15) is 12.8 Å². The molecule has 2 fully saturated rings. The number of aromatic amines is 1. The van der Waals surface area contributed by atoms with Gasteiger partial charge in [-0.2, -0.15) is 0 Å². The lowest BCUT2D eigenvalue weighted by Crippen LogP contribution is -2.65. The van der Waals surface area contributed by atoms with Gasteiger partial charge < -0.3 is 20.7 Å². The Labute approximate surface area is 139 Å². The van der Waals surface area contributed by atoms with Crippen LogP contribution in [0.3, 0.4) is 0 Å². The molecule has 5 rings (SSSR count). The third kappa shape index (κ3) is 1.99.